The van der Waals surface area contributed by atoms with Crippen molar-refractivity contribution in [3.63, 3.8) is 0 Å². The third-order valence-electron chi connectivity index (χ3n) is 4.38. The van der Waals surface area contributed by atoms with E-state index in [1.807, 2.05) is 6.07 Å². The maximum absolute atomic E-state index is 13.4. The fraction of sp³-hybridized carbons (Fsp3) is 0.600. The van der Waals surface area contributed by atoms with Gasteiger partial charge in [-0.25, -0.2) is 4.39 Å². The Labute approximate surface area is 108 Å². The SMILES string of the molecule is CCC1(CCc2cc(C)c(F)c(Cl)c2)CCC1. The molecule has 1 fully saturated rings. The van der Waals surface area contributed by atoms with Crippen LogP contribution in [0.2, 0.25) is 5.02 Å². The zero-order valence-electron chi connectivity index (χ0n) is 10.7. The Hall–Kier alpha value is -0.560. The molecule has 1 aliphatic rings. The van der Waals surface area contributed by atoms with Crippen molar-refractivity contribution in [2.45, 2.75) is 52.4 Å². The summed E-state index contributed by atoms with van der Waals surface area (Å²) in [7, 11) is 0. The summed E-state index contributed by atoms with van der Waals surface area (Å²) in [5.41, 5.74) is 2.40. The van der Waals surface area contributed by atoms with Gasteiger partial charge in [-0.1, -0.05) is 37.4 Å². The first-order valence-electron chi connectivity index (χ1n) is 6.51. The molecule has 0 aliphatic heterocycles. The van der Waals surface area contributed by atoms with Gasteiger partial charge in [-0.05, 0) is 55.2 Å². The van der Waals surface area contributed by atoms with Gasteiger partial charge in [0, 0.05) is 0 Å². The lowest BCUT2D eigenvalue weighted by Gasteiger charge is -2.41. The zero-order valence-corrected chi connectivity index (χ0v) is 11.4. The van der Waals surface area contributed by atoms with Crippen molar-refractivity contribution >= 4 is 11.6 Å². The lowest BCUT2D eigenvalue weighted by atomic mass is 9.64. The first-order valence-corrected chi connectivity index (χ1v) is 6.89. The van der Waals surface area contributed by atoms with Gasteiger partial charge in [-0.3, -0.25) is 0 Å². The van der Waals surface area contributed by atoms with E-state index in [2.05, 4.69) is 6.92 Å². The number of halogens is 2. The molecular weight excluding hydrogens is 235 g/mol. The highest BCUT2D eigenvalue weighted by atomic mass is 35.5. The summed E-state index contributed by atoms with van der Waals surface area (Å²) in [6.45, 7) is 4.06. The monoisotopic (exact) mass is 254 g/mol. The minimum absolute atomic E-state index is 0.263. The number of rotatable bonds is 4. The molecule has 94 valence electrons. The van der Waals surface area contributed by atoms with E-state index in [9.17, 15) is 4.39 Å². The van der Waals surface area contributed by atoms with Gasteiger partial charge in [-0.2, -0.15) is 0 Å². The van der Waals surface area contributed by atoms with Crippen molar-refractivity contribution in [1.82, 2.24) is 0 Å². The molecule has 2 rings (SSSR count). The number of hydrogen-bond donors (Lipinski definition) is 0. The highest BCUT2D eigenvalue weighted by molar-refractivity contribution is 6.30. The standard InChI is InChI=1S/C15H20ClF/c1-3-15(6-4-7-15)8-5-12-9-11(2)14(17)13(16)10-12/h9-10H,3-8H2,1-2H3. The third-order valence-corrected chi connectivity index (χ3v) is 4.65. The first-order chi connectivity index (χ1) is 8.06. The van der Waals surface area contributed by atoms with Gasteiger partial charge < -0.3 is 0 Å². The van der Waals surface area contributed by atoms with Gasteiger partial charge in [0.05, 0.1) is 5.02 Å². The molecular formula is C15H20ClF. The van der Waals surface area contributed by atoms with Crippen LogP contribution < -0.4 is 0 Å². The van der Waals surface area contributed by atoms with Crippen molar-refractivity contribution in [1.29, 1.82) is 0 Å². The number of aryl methyl sites for hydroxylation is 2. The maximum Gasteiger partial charge on any atom is 0.144 e. The van der Waals surface area contributed by atoms with E-state index in [0.29, 0.717) is 11.0 Å². The van der Waals surface area contributed by atoms with Gasteiger partial charge in [-0.15, -0.1) is 0 Å². The van der Waals surface area contributed by atoms with E-state index in [0.717, 1.165) is 6.42 Å². The van der Waals surface area contributed by atoms with Crippen molar-refractivity contribution in [3.05, 3.63) is 34.1 Å². The fourth-order valence-electron chi connectivity index (χ4n) is 2.81. The number of hydrogen-bond acceptors (Lipinski definition) is 0. The molecule has 0 unspecified atom stereocenters. The van der Waals surface area contributed by atoms with Gasteiger partial charge in [0.25, 0.3) is 0 Å². The van der Waals surface area contributed by atoms with E-state index < -0.39 is 0 Å². The molecule has 0 saturated heterocycles. The molecule has 1 aromatic rings. The molecule has 0 spiro atoms. The molecule has 0 N–H and O–H groups in total. The highest BCUT2D eigenvalue weighted by Gasteiger charge is 2.34. The summed E-state index contributed by atoms with van der Waals surface area (Å²) in [5.74, 6) is -0.274. The van der Waals surface area contributed by atoms with Gasteiger partial charge in [0.2, 0.25) is 0 Å². The van der Waals surface area contributed by atoms with Crippen molar-refractivity contribution in [2.24, 2.45) is 5.41 Å². The molecule has 1 saturated carbocycles. The summed E-state index contributed by atoms with van der Waals surface area (Å²) in [6, 6.07) is 3.72. The van der Waals surface area contributed by atoms with Gasteiger partial charge >= 0.3 is 0 Å². The van der Waals surface area contributed by atoms with Crippen LogP contribution in [0.25, 0.3) is 0 Å². The molecule has 17 heavy (non-hydrogen) atoms. The lowest BCUT2D eigenvalue weighted by Crippen LogP contribution is -2.28. The molecule has 2 heteroatoms. The van der Waals surface area contributed by atoms with Crippen LogP contribution in [0.1, 0.15) is 50.2 Å². The second-order valence-corrected chi connectivity index (χ2v) is 5.82. The summed E-state index contributed by atoms with van der Waals surface area (Å²) in [6.07, 6.45) is 7.59. The molecule has 0 aromatic heterocycles. The minimum atomic E-state index is -0.274. The molecule has 0 bridgehead atoms. The molecule has 1 aromatic carbocycles. The maximum atomic E-state index is 13.4. The van der Waals surface area contributed by atoms with Crippen LogP contribution in [-0.2, 0) is 6.42 Å². The summed E-state index contributed by atoms with van der Waals surface area (Å²) in [5, 5.41) is 0.263. The Kier molecular flexibility index (Phi) is 3.77. The molecule has 0 amide bonds. The topological polar surface area (TPSA) is 0 Å². The first kappa shape index (κ1) is 12.9. The Morgan fingerprint density at radius 2 is 2.06 bits per heavy atom. The zero-order chi connectivity index (χ0) is 12.5. The van der Waals surface area contributed by atoms with E-state index in [1.165, 1.54) is 37.7 Å². The highest BCUT2D eigenvalue weighted by Crippen LogP contribution is 2.47. The normalized spacial score (nSPS) is 17.9. The molecule has 0 radical (unpaired) electrons. The van der Waals surface area contributed by atoms with E-state index in [-0.39, 0.29) is 10.8 Å². The second-order valence-electron chi connectivity index (χ2n) is 5.42. The van der Waals surface area contributed by atoms with Gasteiger partial charge in [0.15, 0.2) is 0 Å². The van der Waals surface area contributed by atoms with Crippen LogP contribution in [0.15, 0.2) is 12.1 Å². The Morgan fingerprint density at radius 3 is 2.53 bits per heavy atom. The van der Waals surface area contributed by atoms with Crippen LogP contribution in [0, 0.1) is 18.2 Å². The van der Waals surface area contributed by atoms with E-state index in [4.69, 9.17) is 11.6 Å². The van der Waals surface area contributed by atoms with Crippen molar-refractivity contribution < 1.29 is 4.39 Å². The van der Waals surface area contributed by atoms with Crippen molar-refractivity contribution in [2.75, 3.05) is 0 Å². The second kappa shape index (κ2) is 4.97. The van der Waals surface area contributed by atoms with Crippen LogP contribution in [0.3, 0.4) is 0 Å². The number of benzene rings is 1. The Bertz CT molecular complexity index is 379. The van der Waals surface area contributed by atoms with Crippen LogP contribution in [0.5, 0.6) is 0 Å². The molecule has 0 atom stereocenters. The van der Waals surface area contributed by atoms with E-state index in [1.54, 1.807) is 13.0 Å². The van der Waals surface area contributed by atoms with Crippen LogP contribution in [0.4, 0.5) is 4.39 Å². The molecule has 1 aliphatic carbocycles. The quantitative estimate of drug-likeness (QED) is 0.684. The van der Waals surface area contributed by atoms with Crippen molar-refractivity contribution in [3.8, 4) is 0 Å². The average Bonchev–Trinajstić information content (AvgIpc) is 2.25. The Morgan fingerprint density at radius 1 is 1.35 bits per heavy atom. The average molecular weight is 255 g/mol. The third kappa shape index (κ3) is 2.65. The summed E-state index contributed by atoms with van der Waals surface area (Å²) >= 11 is 5.88. The predicted molar refractivity (Wildman–Crippen MR) is 71.0 cm³/mol. The summed E-state index contributed by atoms with van der Waals surface area (Å²) < 4.78 is 13.4. The largest absolute Gasteiger partial charge is 0.205 e. The summed E-state index contributed by atoms with van der Waals surface area (Å²) in [4.78, 5) is 0. The fourth-order valence-corrected chi connectivity index (χ4v) is 3.10. The minimum Gasteiger partial charge on any atom is -0.205 e. The smallest absolute Gasteiger partial charge is 0.144 e. The predicted octanol–water partition coefficient (Wildman–Crippen LogP) is 5.30. The van der Waals surface area contributed by atoms with E-state index >= 15 is 0 Å². The molecule has 0 nitrogen and oxygen atoms in total. The lowest BCUT2D eigenvalue weighted by molar-refractivity contribution is 0.114. The van der Waals surface area contributed by atoms with Crippen LogP contribution in [-0.4, -0.2) is 0 Å². The van der Waals surface area contributed by atoms with Crippen LogP contribution >= 0.6 is 11.6 Å². The Balaban J connectivity index is 2.04. The van der Waals surface area contributed by atoms with Gasteiger partial charge in [0.1, 0.15) is 5.82 Å². The molecule has 0 heterocycles.